The highest BCUT2D eigenvalue weighted by atomic mass is 19.4. The first-order valence-corrected chi connectivity index (χ1v) is 11.9. The number of nitrogens with one attached hydrogen (secondary N) is 1. The summed E-state index contributed by atoms with van der Waals surface area (Å²) in [6.45, 7) is 4.61. The van der Waals surface area contributed by atoms with E-state index in [2.05, 4.69) is 55.4 Å². The molecule has 0 radical (unpaired) electrons. The second-order valence-electron chi connectivity index (χ2n) is 8.78. The zero-order chi connectivity index (χ0) is 27.4. The van der Waals surface area contributed by atoms with Crippen molar-refractivity contribution in [1.29, 1.82) is 0 Å². The lowest BCUT2D eigenvalue weighted by Gasteiger charge is -2.13. The molecule has 9 nitrogen and oxygen atoms in total. The standard InChI is InChI=1S/C24H26N6O.C2HF3O2/c1-3-29-15-28-20-10-16(5-7-21(20)29)4-6-17-13-30(19-11-18(14-31-2)27-12-19)22-8-9-26-24(25)23(17)22;3-2(4,5)1(6)7/h5,7-10,13,15,18-19,27H,3,11-12,14H2,1-2H3,(H2,25,26);(H,6,7)/t18-,19+;/m1./s1. The number of aromatic nitrogens is 4. The molecule has 200 valence electrons. The predicted octanol–water partition coefficient (Wildman–Crippen LogP) is 3.57. The number of imidazole rings is 1. The number of halogens is 3. The number of nitrogens with zero attached hydrogens (tertiary/aromatic N) is 4. The monoisotopic (exact) mass is 528 g/mol. The summed E-state index contributed by atoms with van der Waals surface area (Å²) in [4.78, 5) is 17.7. The third-order valence-corrected chi connectivity index (χ3v) is 6.28. The number of benzene rings is 1. The molecule has 0 spiro atoms. The van der Waals surface area contributed by atoms with E-state index in [1.165, 1.54) is 0 Å². The van der Waals surface area contributed by atoms with Crippen LogP contribution < -0.4 is 11.1 Å². The fourth-order valence-electron chi connectivity index (χ4n) is 4.50. The highest BCUT2D eigenvalue weighted by Gasteiger charge is 2.38. The second kappa shape index (κ2) is 11.1. The molecule has 5 rings (SSSR count). The van der Waals surface area contributed by atoms with E-state index in [4.69, 9.17) is 20.4 Å². The maximum atomic E-state index is 10.6. The van der Waals surface area contributed by atoms with Crippen LogP contribution in [-0.4, -0.2) is 62.7 Å². The number of pyridine rings is 1. The molecule has 0 unspecified atom stereocenters. The van der Waals surface area contributed by atoms with Crippen LogP contribution in [0.4, 0.5) is 19.0 Å². The minimum Gasteiger partial charge on any atom is -0.475 e. The van der Waals surface area contributed by atoms with E-state index in [9.17, 15) is 13.2 Å². The Labute approximate surface area is 216 Å². The van der Waals surface area contributed by atoms with Gasteiger partial charge in [-0.15, -0.1) is 0 Å². The summed E-state index contributed by atoms with van der Waals surface area (Å²) in [5.41, 5.74) is 11.2. The SMILES string of the molecule is CCn1cnc2cc(C#Cc3cn([C@@H]4CN[C@@H](COC)C4)c4ccnc(N)c34)ccc21.O=C(O)C(F)(F)F. The van der Waals surface area contributed by atoms with Crippen LogP contribution in [0, 0.1) is 11.8 Å². The van der Waals surface area contributed by atoms with Gasteiger partial charge in [0.1, 0.15) is 5.82 Å². The summed E-state index contributed by atoms with van der Waals surface area (Å²) in [5, 5.41) is 11.6. The molecule has 3 aromatic heterocycles. The van der Waals surface area contributed by atoms with Crippen LogP contribution in [0.2, 0.25) is 0 Å². The van der Waals surface area contributed by atoms with Gasteiger partial charge in [-0.1, -0.05) is 11.8 Å². The lowest BCUT2D eigenvalue weighted by atomic mass is 10.1. The molecule has 1 aromatic carbocycles. The molecule has 4 aromatic rings. The Morgan fingerprint density at radius 1 is 1.26 bits per heavy atom. The van der Waals surface area contributed by atoms with Gasteiger partial charge in [0.15, 0.2) is 0 Å². The van der Waals surface area contributed by atoms with Crippen LogP contribution in [0.5, 0.6) is 0 Å². The molecule has 1 aliphatic heterocycles. The number of aliphatic carboxylic acids is 1. The topological polar surface area (TPSA) is 120 Å². The fourth-order valence-corrected chi connectivity index (χ4v) is 4.50. The number of aryl methyl sites for hydroxylation is 1. The average Bonchev–Trinajstić information content (AvgIpc) is 3.59. The largest absolute Gasteiger partial charge is 0.490 e. The fraction of sp³-hybridized carbons (Fsp3) is 0.346. The first kappa shape index (κ1) is 27.0. The van der Waals surface area contributed by atoms with Crippen molar-refractivity contribution in [3.05, 3.63) is 54.1 Å². The zero-order valence-electron chi connectivity index (χ0n) is 20.8. The molecular weight excluding hydrogens is 501 g/mol. The number of hydrogen-bond acceptors (Lipinski definition) is 6. The number of carboxylic acids is 1. The van der Waals surface area contributed by atoms with E-state index < -0.39 is 12.1 Å². The molecule has 0 saturated carbocycles. The zero-order valence-corrected chi connectivity index (χ0v) is 20.8. The maximum Gasteiger partial charge on any atom is 0.490 e. The molecule has 0 aliphatic carbocycles. The number of nitrogen functional groups attached to an aromatic ring is 1. The Morgan fingerprint density at radius 3 is 2.71 bits per heavy atom. The van der Waals surface area contributed by atoms with Gasteiger partial charge in [-0.2, -0.15) is 13.2 Å². The summed E-state index contributed by atoms with van der Waals surface area (Å²) in [6, 6.07) is 8.86. The quantitative estimate of drug-likeness (QED) is 0.347. The van der Waals surface area contributed by atoms with Gasteiger partial charge in [0.05, 0.1) is 40.4 Å². The van der Waals surface area contributed by atoms with E-state index in [1.807, 2.05) is 24.5 Å². The minimum atomic E-state index is -5.08. The summed E-state index contributed by atoms with van der Waals surface area (Å²) >= 11 is 0. The van der Waals surface area contributed by atoms with Crippen LogP contribution in [-0.2, 0) is 16.1 Å². The Kier molecular flexibility index (Phi) is 7.89. The van der Waals surface area contributed by atoms with E-state index in [-0.39, 0.29) is 0 Å². The van der Waals surface area contributed by atoms with Crippen molar-refractivity contribution in [2.75, 3.05) is 26.0 Å². The third kappa shape index (κ3) is 5.74. The molecule has 12 heteroatoms. The molecule has 0 amide bonds. The molecule has 0 bridgehead atoms. The molecule has 1 aliphatic rings. The van der Waals surface area contributed by atoms with Gasteiger partial charge in [0, 0.05) is 50.2 Å². The molecular formula is C26H27F3N6O3. The van der Waals surface area contributed by atoms with Crippen molar-refractivity contribution in [2.45, 2.75) is 38.1 Å². The predicted molar refractivity (Wildman–Crippen MR) is 137 cm³/mol. The van der Waals surface area contributed by atoms with Crippen LogP contribution >= 0.6 is 0 Å². The maximum absolute atomic E-state index is 10.6. The summed E-state index contributed by atoms with van der Waals surface area (Å²) in [7, 11) is 1.74. The van der Waals surface area contributed by atoms with E-state index in [0.29, 0.717) is 24.5 Å². The Hall–Kier alpha value is -4.08. The van der Waals surface area contributed by atoms with Crippen molar-refractivity contribution >= 4 is 33.7 Å². The number of nitrogens with two attached hydrogens (primary N) is 1. The molecule has 1 fully saturated rings. The molecule has 4 N–H and O–H groups in total. The van der Waals surface area contributed by atoms with E-state index in [1.54, 1.807) is 13.3 Å². The smallest absolute Gasteiger partial charge is 0.475 e. The van der Waals surface area contributed by atoms with Gasteiger partial charge in [-0.05, 0) is 37.6 Å². The Balaban J connectivity index is 0.000000426. The van der Waals surface area contributed by atoms with E-state index >= 15 is 0 Å². The second-order valence-corrected chi connectivity index (χ2v) is 8.78. The van der Waals surface area contributed by atoms with Crippen molar-refractivity contribution in [2.24, 2.45) is 0 Å². The summed E-state index contributed by atoms with van der Waals surface area (Å²) in [6.07, 6.45) is 1.66. The van der Waals surface area contributed by atoms with Crippen LogP contribution in [0.1, 0.15) is 30.5 Å². The van der Waals surface area contributed by atoms with Crippen LogP contribution in [0.15, 0.2) is 43.0 Å². The number of fused-ring (bicyclic) bond motifs is 2. The van der Waals surface area contributed by atoms with Crippen LogP contribution in [0.25, 0.3) is 21.9 Å². The normalized spacial score (nSPS) is 17.2. The molecule has 1 saturated heterocycles. The summed E-state index contributed by atoms with van der Waals surface area (Å²) < 4.78 is 41.5. The number of alkyl halides is 3. The Morgan fingerprint density at radius 2 is 2.03 bits per heavy atom. The van der Waals surface area contributed by atoms with Crippen molar-refractivity contribution < 1.29 is 27.8 Å². The van der Waals surface area contributed by atoms with Crippen molar-refractivity contribution in [3.8, 4) is 11.8 Å². The third-order valence-electron chi connectivity index (χ3n) is 6.28. The number of rotatable bonds is 4. The summed E-state index contributed by atoms with van der Waals surface area (Å²) in [5.74, 6) is 4.40. The number of anilines is 1. The highest BCUT2D eigenvalue weighted by molar-refractivity contribution is 5.95. The Bertz CT molecular complexity index is 1520. The average molecular weight is 529 g/mol. The minimum absolute atomic E-state index is 0.328. The van der Waals surface area contributed by atoms with Gasteiger partial charge in [0.25, 0.3) is 0 Å². The van der Waals surface area contributed by atoms with Gasteiger partial charge in [-0.3, -0.25) is 0 Å². The lowest BCUT2D eigenvalue weighted by molar-refractivity contribution is -0.192. The van der Waals surface area contributed by atoms with Gasteiger partial charge >= 0.3 is 12.1 Å². The number of methoxy groups -OCH3 is 1. The molecule has 4 heterocycles. The molecule has 2 atom stereocenters. The molecule has 38 heavy (non-hydrogen) atoms. The number of carboxylic acid groups (broad SMARTS) is 1. The number of carbonyl (C=O) groups is 1. The lowest BCUT2D eigenvalue weighted by Crippen LogP contribution is -2.25. The number of ether oxygens (including phenoxy) is 1. The highest BCUT2D eigenvalue weighted by Crippen LogP contribution is 2.31. The first-order valence-electron chi connectivity index (χ1n) is 11.9. The van der Waals surface area contributed by atoms with Gasteiger partial charge in [-0.25, -0.2) is 14.8 Å². The first-order chi connectivity index (χ1) is 18.1. The van der Waals surface area contributed by atoms with E-state index in [0.717, 1.165) is 52.6 Å². The van der Waals surface area contributed by atoms with Gasteiger partial charge in [0.2, 0.25) is 0 Å². The van der Waals surface area contributed by atoms with Crippen LogP contribution in [0.3, 0.4) is 0 Å². The van der Waals surface area contributed by atoms with Gasteiger partial charge < -0.3 is 30.0 Å². The van der Waals surface area contributed by atoms with Crippen molar-refractivity contribution in [1.82, 2.24) is 24.4 Å². The van der Waals surface area contributed by atoms with Crippen molar-refractivity contribution in [3.63, 3.8) is 0 Å². The number of hydrogen-bond donors (Lipinski definition) is 3.